The maximum absolute atomic E-state index is 7.40. The monoisotopic (exact) mass is 223 g/mol. The summed E-state index contributed by atoms with van der Waals surface area (Å²) in [6.45, 7) is 0. The first-order chi connectivity index (χ1) is 7.71. The second-order valence-electron chi connectivity index (χ2n) is 3.31. The van der Waals surface area contributed by atoms with E-state index >= 15 is 0 Å². The van der Waals surface area contributed by atoms with Gasteiger partial charge in [-0.25, -0.2) is 0 Å². The first kappa shape index (κ1) is 12.4. The molecule has 0 saturated carbocycles. The molecule has 88 valence electrons. The Bertz CT molecular complexity index is 363. The summed E-state index contributed by atoms with van der Waals surface area (Å²) < 4.78 is 15.2. The number of rotatable bonds is 5. The number of hydrogen-bond donors (Lipinski definition) is 1. The Morgan fingerprint density at radius 3 is 2.50 bits per heavy atom. The Morgan fingerprint density at radius 2 is 1.94 bits per heavy atom. The van der Waals surface area contributed by atoms with Crippen molar-refractivity contribution in [3.8, 4) is 11.5 Å². The molecule has 4 heteroatoms. The Hall–Kier alpha value is -1.71. The molecule has 1 N–H and O–H groups in total. The molecule has 0 unspecified atom stereocenters. The zero-order chi connectivity index (χ0) is 12.0. The molecule has 16 heavy (non-hydrogen) atoms. The molecule has 0 aliphatic heterocycles. The van der Waals surface area contributed by atoms with E-state index in [0.717, 1.165) is 23.5 Å². The lowest BCUT2D eigenvalue weighted by Crippen LogP contribution is -2.02. The lowest BCUT2D eigenvalue weighted by molar-refractivity contribution is 0.382. The smallest absolute Gasteiger partial charge is 0.180 e. The van der Waals surface area contributed by atoms with Crippen LogP contribution in [0.3, 0.4) is 0 Å². The Labute approximate surface area is 95.6 Å². The summed E-state index contributed by atoms with van der Waals surface area (Å²) in [4.78, 5) is 0. The highest BCUT2D eigenvalue weighted by atomic mass is 16.5. The highest BCUT2D eigenvalue weighted by Gasteiger charge is 2.06. The summed E-state index contributed by atoms with van der Waals surface area (Å²) in [5.74, 6) is 1.82. The van der Waals surface area contributed by atoms with E-state index in [1.165, 1.54) is 7.11 Å². The van der Waals surface area contributed by atoms with Crippen molar-refractivity contribution in [1.29, 1.82) is 5.41 Å². The van der Waals surface area contributed by atoms with Gasteiger partial charge in [0.25, 0.3) is 0 Å². The molecule has 0 aliphatic carbocycles. The largest absolute Gasteiger partial charge is 0.497 e. The molecule has 0 fully saturated rings. The van der Waals surface area contributed by atoms with E-state index in [4.69, 9.17) is 19.6 Å². The average Bonchev–Trinajstić information content (AvgIpc) is 2.35. The SMILES string of the molecule is COC(=N)CCc1ccc(OC)cc1OC. The molecule has 0 heterocycles. The molecule has 1 rings (SSSR count). The van der Waals surface area contributed by atoms with E-state index in [2.05, 4.69) is 0 Å². The number of benzene rings is 1. The summed E-state index contributed by atoms with van der Waals surface area (Å²) in [6, 6.07) is 5.67. The van der Waals surface area contributed by atoms with Crippen molar-refractivity contribution in [2.24, 2.45) is 0 Å². The van der Waals surface area contributed by atoms with E-state index in [9.17, 15) is 0 Å². The topological polar surface area (TPSA) is 51.5 Å². The van der Waals surface area contributed by atoms with Crippen LogP contribution in [0.1, 0.15) is 12.0 Å². The van der Waals surface area contributed by atoms with E-state index in [1.54, 1.807) is 14.2 Å². The molecule has 1 aromatic rings. The minimum absolute atomic E-state index is 0.276. The number of methoxy groups -OCH3 is 3. The highest BCUT2D eigenvalue weighted by Crippen LogP contribution is 2.25. The van der Waals surface area contributed by atoms with E-state index in [1.807, 2.05) is 18.2 Å². The van der Waals surface area contributed by atoms with E-state index in [-0.39, 0.29) is 5.90 Å². The summed E-state index contributed by atoms with van der Waals surface area (Å²) in [5.41, 5.74) is 1.05. The number of nitrogens with one attached hydrogen (secondary N) is 1. The fourth-order valence-electron chi connectivity index (χ4n) is 1.41. The summed E-state index contributed by atoms with van der Waals surface area (Å²) >= 11 is 0. The molecule has 0 atom stereocenters. The first-order valence-corrected chi connectivity index (χ1v) is 5.03. The fourth-order valence-corrected chi connectivity index (χ4v) is 1.41. The van der Waals surface area contributed by atoms with Gasteiger partial charge < -0.3 is 14.2 Å². The molecule has 4 nitrogen and oxygen atoms in total. The second kappa shape index (κ2) is 6.00. The van der Waals surface area contributed by atoms with Gasteiger partial charge in [0.1, 0.15) is 11.5 Å². The van der Waals surface area contributed by atoms with Crippen LogP contribution < -0.4 is 9.47 Å². The number of hydrogen-bond acceptors (Lipinski definition) is 4. The molecule has 0 spiro atoms. The molecule has 0 aromatic heterocycles. The molecular weight excluding hydrogens is 206 g/mol. The normalized spacial score (nSPS) is 9.69. The summed E-state index contributed by atoms with van der Waals surface area (Å²) in [6.07, 6.45) is 1.29. The van der Waals surface area contributed by atoms with Crippen LogP contribution in [0.25, 0.3) is 0 Å². The lowest BCUT2D eigenvalue weighted by atomic mass is 10.1. The standard InChI is InChI=1S/C12H17NO3/c1-14-10-6-4-9(11(8-10)15-2)5-7-12(13)16-3/h4,6,8,13H,5,7H2,1-3H3. The van der Waals surface area contributed by atoms with Crippen molar-refractivity contribution >= 4 is 5.90 Å². The molecule has 0 saturated heterocycles. The van der Waals surface area contributed by atoms with Crippen LogP contribution in [-0.4, -0.2) is 27.2 Å². The van der Waals surface area contributed by atoms with Crippen LogP contribution in [0.5, 0.6) is 11.5 Å². The van der Waals surface area contributed by atoms with Gasteiger partial charge in [0, 0.05) is 12.5 Å². The van der Waals surface area contributed by atoms with Crippen LogP contribution in [-0.2, 0) is 11.2 Å². The average molecular weight is 223 g/mol. The van der Waals surface area contributed by atoms with Gasteiger partial charge in [-0.2, -0.15) is 0 Å². The maximum Gasteiger partial charge on any atom is 0.180 e. The van der Waals surface area contributed by atoms with Crippen molar-refractivity contribution in [2.75, 3.05) is 21.3 Å². The lowest BCUT2D eigenvalue weighted by Gasteiger charge is -2.10. The Morgan fingerprint density at radius 1 is 1.19 bits per heavy atom. The zero-order valence-electron chi connectivity index (χ0n) is 9.87. The van der Waals surface area contributed by atoms with Crippen LogP contribution in [0.4, 0.5) is 0 Å². The van der Waals surface area contributed by atoms with Crippen molar-refractivity contribution in [3.63, 3.8) is 0 Å². The third kappa shape index (κ3) is 3.15. The van der Waals surface area contributed by atoms with Crippen molar-refractivity contribution in [1.82, 2.24) is 0 Å². The second-order valence-corrected chi connectivity index (χ2v) is 3.31. The molecule has 1 aromatic carbocycles. The predicted molar refractivity (Wildman–Crippen MR) is 62.6 cm³/mol. The minimum atomic E-state index is 0.276. The zero-order valence-corrected chi connectivity index (χ0v) is 9.87. The van der Waals surface area contributed by atoms with Gasteiger partial charge in [-0.05, 0) is 18.1 Å². The summed E-state index contributed by atoms with van der Waals surface area (Å²) in [7, 11) is 4.75. The molecule has 0 amide bonds. The van der Waals surface area contributed by atoms with E-state index in [0.29, 0.717) is 6.42 Å². The maximum atomic E-state index is 7.40. The minimum Gasteiger partial charge on any atom is -0.497 e. The van der Waals surface area contributed by atoms with Gasteiger partial charge in [-0.1, -0.05) is 6.07 Å². The van der Waals surface area contributed by atoms with Gasteiger partial charge in [0.2, 0.25) is 0 Å². The van der Waals surface area contributed by atoms with Crippen LogP contribution >= 0.6 is 0 Å². The van der Waals surface area contributed by atoms with Crippen LogP contribution in [0.2, 0.25) is 0 Å². The highest BCUT2D eigenvalue weighted by molar-refractivity contribution is 5.72. The molecule has 0 radical (unpaired) electrons. The van der Waals surface area contributed by atoms with Crippen molar-refractivity contribution < 1.29 is 14.2 Å². The third-order valence-corrected chi connectivity index (χ3v) is 2.36. The Balaban J connectivity index is 2.75. The van der Waals surface area contributed by atoms with Gasteiger partial charge in [-0.15, -0.1) is 0 Å². The van der Waals surface area contributed by atoms with E-state index < -0.39 is 0 Å². The van der Waals surface area contributed by atoms with Gasteiger partial charge in [0.05, 0.1) is 21.3 Å². The number of ether oxygens (including phenoxy) is 3. The third-order valence-electron chi connectivity index (χ3n) is 2.36. The first-order valence-electron chi connectivity index (χ1n) is 5.03. The van der Waals surface area contributed by atoms with Crippen molar-refractivity contribution in [2.45, 2.75) is 12.8 Å². The van der Waals surface area contributed by atoms with Gasteiger partial charge in [-0.3, -0.25) is 5.41 Å². The van der Waals surface area contributed by atoms with Gasteiger partial charge in [0.15, 0.2) is 5.90 Å². The van der Waals surface area contributed by atoms with Crippen LogP contribution in [0.15, 0.2) is 18.2 Å². The fraction of sp³-hybridized carbons (Fsp3) is 0.417. The van der Waals surface area contributed by atoms with Gasteiger partial charge >= 0.3 is 0 Å². The number of aryl methyl sites for hydroxylation is 1. The van der Waals surface area contributed by atoms with Crippen molar-refractivity contribution in [3.05, 3.63) is 23.8 Å². The molecule has 0 aliphatic rings. The molecular formula is C12H17NO3. The Kier molecular flexibility index (Phi) is 4.64. The van der Waals surface area contributed by atoms with Crippen LogP contribution in [0, 0.1) is 5.41 Å². The predicted octanol–water partition coefficient (Wildman–Crippen LogP) is 2.26. The summed E-state index contributed by atoms with van der Waals surface area (Å²) in [5, 5.41) is 7.40. The quantitative estimate of drug-likeness (QED) is 0.615. The molecule has 0 bridgehead atoms.